The number of halogens is 1. The molecule has 4 bridgehead atoms. The molecule has 1 amide bonds. The summed E-state index contributed by atoms with van der Waals surface area (Å²) in [4.78, 5) is 12.9. The van der Waals surface area contributed by atoms with Crippen LogP contribution in [0, 0.1) is 23.2 Å². The van der Waals surface area contributed by atoms with Crippen molar-refractivity contribution in [3.05, 3.63) is 0 Å². The molecule has 0 aromatic carbocycles. The highest BCUT2D eigenvalue weighted by atomic mass is 35.5. The lowest BCUT2D eigenvalue weighted by Gasteiger charge is -2.56. The lowest BCUT2D eigenvalue weighted by molar-refractivity contribution is -0.147. The van der Waals surface area contributed by atoms with Gasteiger partial charge in [-0.1, -0.05) is 0 Å². The van der Waals surface area contributed by atoms with Crippen molar-refractivity contribution in [2.75, 3.05) is 6.54 Å². The molecular formula is C17H29ClN2O. The molecule has 0 aromatic rings. The fraction of sp³-hybridized carbons (Fsp3) is 0.941. The van der Waals surface area contributed by atoms with E-state index in [1.807, 2.05) is 0 Å². The molecule has 1 aliphatic heterocycles. The molecule has 0 radical (unpaired) electrons. The monoisotopic (exact) mass is 312 g/mol. The van der Waals surface area contributed by atoms with E-state index in [9.17, 15) is 4.79 Å². The highest BCUT2D eigenvalue weighted by Crippen LogP contribution is 2.60. The number of nitrogens with one attached hydrogen (secondary N) is 2. The van der Waals surface area contributed by atoms with Gasteiger partial charge in [-0.15, -0.1) is 12.4 Å². The lowest BCUT2D eigenvalue weighted by Crippen LogP contribution is -2.56. The summed E-state index contributed by atoms with van der Waals surface area (Å²) in [5.74, 6) is 2.99. The van der Waals surface area contributed by atoms with Gasteiger partial charge in [0.2, 0.25) is 5.91 Å². The minimum atomic E-state index is 0. The maximum Gasteiger partial charge on any atom is 0.226 e. The first-order valence-electron chi connectivity index (χ1n) is 8.67. The predicted molar refractivity (Wildman–Crippen MR) is 86.5 cm³/mol. The van der Waals surface area contributed by atoms with Gasteiger partial charge in [-0.25, -0.2) is 0 Å². The van der Waals surface area contributed by atoms with Gasteiger partial charge in [-0.05, 0) is 82.6 Å². The van der Waals surface area contributed by atoms with E-state index in [4.69, 9.17) is 0 Å². The smallest absolute Gasteiger partial charge is 0.226 e. The number of piperidine rings is 1. The first kappa shape index (κ1) is 15.6. The topological polar surface area (TPSA) is 41.1 Å². The van der Waals surface area contributed by atoms with E-state index in [0.29, 0.717) is 18.0 Å². The summed E-state index contributed by atoms with van der Waals surface area (Å²) in [5.41, 5.74) is 0.0306. The molecule has 0 spiro atoms. The van der Waals surface area contributed by atoms with Crippen LogP contribution in [0.3, 0.4) is 0 Å². The zero-order valence-electron chi connectivity index (χ0n) is 13.1. The van der Waals surface area contributed by atoms with Crippen molar-refractivity contribution in [3.63, 3.8) is 0 Å². The Hall–Kier alpha value is -0.280. The van der Waals surface area contributed by atoms with Crippen LogP contribution in [0.25, 0.3) is 0 Å². The molecule has 3 nitrogen and oxygen atoms in total. The Labute approximate surface area is 134 Å². The Bertz CT molecular complexity index is 376. The summed E-state index contributed by atoms with van der Waals surface area (Å²) in [7, 11) is 0. The molecule has 4 heteroatoms. The molecule has 1 heterocycles. The number of carbonyl (C=O) groups excluding carboxylic acids is 1. The Balaban J connectivity index is 0.00000132. The van der Waals surface area contributed by atoms with Gasteiger partial charge in [0.25, 0.3) is 0 Å². The third-order valence-electron chi connectivity index (χ3n) is 6.48. The van der Waals surface area contributed by atoms with Crippen molar-refractivity contribution in [1.82, 2.24) is 10.6 Å². The van der Waals surface area contributed by atoms with E-state index in [1.54, 1.807) is 0 Å². The first-order chi connectivity index (χ1) is 9.63. The largest absolute Gasteiger partial charge is 0.353 e. The first-order valence-corrected chi connectivity index (χ1v) is 8.67. The quantitative estimate of drug-likeness (QED) is 0.823. The molecule has 2 atom stereocenters. The molecule has 2 unspecified atom stereocenters. The Kier molecular flexibility index (Phi) is 4.26. The number of carbonyl (C=O) groups is 1. The molecule has 4 saturated carbocycles. The maximum atomic E-state index is 12.9. The van der Waals surface area contributed by atoms with Gasteiger partial charge in [0, 0.05) is 17.5 Å². The zero-order valence-corrected chi connectivity index (χ0v) is 13.9. The van der Waals surface area contributed by atoms with Crippen molar-refractivity contribution in [2.24, 2.45) is 23.2 Å². The molecule has 5 fully saturated rings. The van der Waals surface area contributed by atoms with Crippen LogP contribution >= 0.6 is 12.4 Å². The molecule has 5 aliphatic rings. The minimum Gasteiger partial charge on any atom is -0.353 e. The Morgan fingerprint density at radius 3 is 2.14 bits per heavy atom. The highest BCUT2D eigenvalue weighted by Gasteiger charge is 2.54. The SMILES string of the molecule is CC1CC(NC(=O)C23CC4CC(CC(C4)C2)C3)CCN1.Cl. The van der Waals surface area contributed by atoms with E-state index in [2.05, 4.69) is 17.6 Å². The van der Waals surface area contributed by atoms with E-state index < -0.39 is 0 Å². The number of hydrogen-bond donors (Lipinski definition) is 2. The molecule has 21 heavy (non-hydrogen) atoms. The van der Waals surface area contributed by atoms with Gasteiger partial charge in [0.15, 0.2) is 0 Å². The van der Waals surface area contributed by atoms with Crippen LogP contribution in [-0.2, 0) is 4.79 Å². The van der Waals surface area contributed by atoms with Crippen LogP contribution in [0.15, 0.2) is 0 Å². The molecule has 4 aliphatic carbocycles. The highest BCUT2D eigenvalue weighted by molar-refractivity contribution is 5.85. The number of amides is 1. The van der Waals surface area contributed by atoms with Crippen LogP contribution in [0.5, 0.6) is 0 Å². The number of hydrogen-bond acceptors (Lipinski definition) is 2. The Morgan fingerprint density at radius 1 is 1.05 bits per heavy atom. The van der Waals surface area contributed by atoms with Crippen LogP contribution in [-0.4, -0.2) is 24.5 Å². The number of rotatable bonds is 2. The second-order valence-electron chi connectivity index (χ2n) is 8.25. The molecule has 1 saturated heterocycles. The van der Waals surface area contributed by atoms with E-state index in [1.165, 1.54) is 38.5 Å². The van der Waals surface area contributed by atoms with E-state index >= 15 is 0 Å². The van der Waals surface area contributed by atoms with Crippen LogP contribution in [0.2, 0.25) is 0 Å². The third kappa shape index (κ3) is 2.84. The standard InChI is InChI=1S/C17H28N2O.ClH/c1-11-4-15(2-3-18-11)19-16(20)17-8-12-5-13(9-17)7-14(6-12)10-17;/h11-15,18H,2-10H2,1H3,(H,19,20);1H. The molecular weight excluding hydrogens is 284 g/mol. The average Bonchev–Trinajstić information content (AvgIpc) is 2.37. The fourth-order valence-electron chi connectivity index (χ4n) is 5.99. The third-order valence-corrected chi connectivity index (χ3v) is 6.48. The summed E-state index contributed by atoms with van der Waals surface area (Å²) in [5, 5.41) is 6.90. The fourth-order valence-corrected chi connectivity index (χ4v) is 5.99. The van der Waals surface area contributed by atoms with Gasteiger partial charge in [0.05, 0.1) is 0 Å². The summed E-state index contributed by atoms with van der Waals surface area (Å²) in [6.45, 7) is 3.27. The van der Waals surface area contributed by atoms with E-state index in [-0.39, 0.29) is 17.8 Å². The zero-order chi connectivity index (χ0) is 13.7. The van der Waals surface area contributed by atoms with Crippen molar-refractivity contribution >= 4 is 18.3 Å². The van der Waals surface area contributed by atoms with Gasteiger partial charge >= 0.3 is 0 Å². The maximum absolute atomic E-state index is 12.9. The Morgan fingerprint density at radius 2 is 1.62 bits per heavy atom. The summed E-state index contributed by atoms with van der Waals surface area (Å²) in [6.07, 6.45) is 9.99. The average molecular weight is 313 g/mol. The van der Waals surface area contributed by atoms with Gasteiger partial charge in [-0.2, -0.15) is 0 Å². The molecule has 2 N–H and O–H groups in total. The van der Waals surface area contributed by atoms with Crippen LogP contribution in [0.4, 0.5) is 0 Å². The van der Waals surface area contributed by atoms with E-state index in [0.717, 1.165) is 37.1 Å². The molecule has 0 aromatic heterocycles. The predicted octanol–water partition coefficient (Wildman–Crippen LogP) is 2.88. The second-order valence-corrected chi connectivity index (χ2v) is 8.25. The van der Waals surface area contributed by atoms with Gasteiger partial charge in [-0.3, -0.25) is 4.79 Å². The van der Waals surface area contributed by atoms with Gasteiger partial charge < -0.3 is 10.6 Å². The molecule has 5 rings (SSSR count). The van der Waals surface area contributed by atoms with Crippen molar-refractivity contribution in [1.29, 1.82) is 0 Å². The van der Waals surface area contributed by atoms with Crippen molar-refractivity contribution in [3.8, 4) is 0 Å². The van der Waals surface area contributed by atoms with Gasteiger partial charge in [0.1, 0.15) is 0 Å². The van der Waals surface area contributed by atoms with Crippen LogP contribution < -0.4 is 10.6 Å². The second kappa shape index (κ2) is 5.73. The summed E-state index contributed by atoms with van der Waals surface area (Å²) < 4.78 is 0. The van der Waals surface area contributed by atoms with Crippen molar-refractivity contribution in [2.45, 2.75) is 70.4 Å². The summed E-state index contributed by atoms with van der Waals surface area (Å²) >= 11 is 0. The summed E-state index contributed by atoms with van der Waals surface area (Å²) in [6, 6.07) is 0.956. The normalized spacial score (nSPS) is 47.8. The minimum absolute atomic E-state index is 0. The lowest BCUT2D eigenvalue weighted by atomic mass is 9.49. The van der Waals surface area contributed by atoms with Crippen LogP contribution in [0.1, 0.15) is 58.3 Å². The molecule has 120 valence electrons. The van der Waals surface area contributed by atoms with Crippen molar-refractivity contribution < 1.29 is 4.79 Å².